The first-order valence-electron chi connectivity index (χ1n) is 16.8. The van der Waals surface area contributed by atoms with Gasteiger partial charge in [-0.25, -0.2) is 0 Å². The van der Waals surface area contributed by atoms with Crippen LogP contribution in [0.15, 0.2) is 151 Å². The number of hydrogen-bond acceptors (Lipinski definition) is 2. The van der Waals surface area contributed by atoms with Crippen molar-refractivity contribution in [3.63, 3.8) is 0 Å². The van der Waals surface area contributed by atoms with Crippen molar-refractivity contribution in [2.75, 3.05) is 0 Å². The van der Waals surface area contributed by atoms with Gasteiger partial charge < -0.3 is 5.11 Å². The molecule has 6 rings (SSSR count). The molecule has 5 aromatic carbocycles. The van der Waals surface area contributed by atoms with Crippen molar-refractivity contribution < 1.29 is 9.90 Å². The molecule has 1 aliphatic rings. The Hall–Kier alpha value is -4.95. The molecule has 0 heterocycles. The average Bonchev–Trinajstić information content (AvgIpc) is 3.12. The molecule has 5 atom stereocenters. The average molecular weight is 617 g/mol. The molecule has 0 saturated heterocycles. The maximum Gasteiger partial charge on any atom is 0.167 e. The van der Waals surface area contributed by atoms with Gasteiger partial charge in [-0.1, -0.05) is 155 Å². The van der Waals surface area contributed by atoms with Crippen molar-refractivity contribution in [1.82, 2.24) is 0 Å². The number of phenolic OH excluding ortho intramolecular Hbond substituents is 1. The molecule has 0 bridgehead atoms. The fourth-order valence-electron chi connectivity index (χ4n) is 7.37. The molecule has 0 fully saturated rings. The molecule has 5 unspecified atom stereocenters. The quantitative estimate of drug-likeness (QED) is 0.179. The summed E-state index contributed by atoms with van der Waals surface area (Å²) in [4.78, 5) is 14.9. The summed E-state index contributed by atoms with van der Waals surface area (Å²) < 4.78 is 0. The van der Waals surface area contributed by atoms with E-state index < -0.39 is 0 Å². The standard InChI is InChI=1S/C45H44O2/c1-29-26-39(30(2)34-18-10-6-11-19-34)45(47)43(33(5)37-24-16-9-17-25-37)42(29)38-27-40(31(3)35-20-12-7-13-21-35)44(46)41(28-38)32(4)36-22-14-8-15-23-36/h6-28,30-33,43,46H,1-5H3. The van der Waals surface area contributed by atoms with E-state index in [1.807, 2.05) is 60.7 Å². The summed E-state index contributed by atoms with van der Waals surface area (Å²) in [7, 11) is 0. The van der Waals surface area contributed by atoms with E-state index in [0.29, 0.717) is 5.75 Å². The van der Waals surface area contributed by atoms with Gasteiger partial charge in [0, 0.05) is 34.5 Å². The second kappa shape index (κ2) is 13.8. The highest BCUT2D eigenvalue weighted by Crippen LogP contribution is 2.48. The highest BCUT2D eigenvalue weighted by atomic mass is 16.3. The maximum atomic E-state index is 14.9. The Bertz CT molecular complexity index is 1840. The van der Waals surface area contributed by atoms with Crippen LogP contribution in [0, 0.1) is 5.92 Å². The molecular weight excluding hydrogens is 572 g/mol. The van der Waals surface area contributed by atoms with E-state index in [4.69, 9.17) is 0 Å². The summed E-state index contributed by atoms with van der Waals surface area (Å²) in [6, 6.07) is 45.7. The van der Waals surface area contributed by atoms with Gasteiger partial charge in [0.25, 0.3) is 0 Å². The van der Waals surface area contributed by atoms with E-state index in [0.717, 1.165) is 55.7 Å². The summed E-state index contributed by atoms with van der Waals surface area (Å²) in [5.74, 6) is -0.0792. The molecule has 0 amide bonds. The summed E-state index contributed by atoms with van der Waals surface area (Å²) in [6.45, 7) is 10.8. The molecule has 0 spiro atoms. The van der Waals surface area contributed by atoms with Crippen LogP contribution >= 0.6 is 0 Å². The first-order chi connectivity index (χ1) is 22.8. The molecule has 1 aliphatic carbocycles. The Kier molecular flexibility index (Phi) is 9.41. The monoisotopic (exact) mass is 616 g/mol. The predicted molar refractivity (Wildman–Crippen MR) is 195 cm³/mol. The third-order valence-electron chi connectivity index (χ3n) is 10.3. The van der Waals surface area contributed by atoms with E-state index >= 15 is 0 Å². The Balaban J connectivity index is 1.58. The number of carbonyl (C=O) groups excluding carboxylic acids is 1. The zero-order valence-electron chi connectivity index (χ0n) is 28.0. The van der Waals surface area contributed by atoms with Crippen molar-refractivity contribution in [1.29, 1.82) is 0 Å². The third-order valence-corrected chi connectivity index (χ3v) is 10.3. The van der Waals surface area contributed by atoms with Crippen molar-refractivity contribution in [3.05, 3.63) is 190 Å². The SMILES string of the molecule is CC1=C(c2cc(C(C)c3ccccc3)c(O)c(C(C)c3ccccc3)c2)C(C(C)c2ccccc2)C(=O)C(C(C)c2ccccc2)=C1. The zero-order valence-corrected chi connectivity index (χ0v) is 28.0. The lowest BCUT2D eigenvalue weighted by Gasteiger charge is -2.34. The minimum Gasteiger partial charge on any atom is -0.507 e. The largest absolute Gasteiger partial charge is 0.507 e. The van der Waals surface area contributed by atoms with Crippen molar-refractivity contribution >= 4 is 11.4 Å². The molecule has 0 radical (unpaired) electrons. The van der Waals surface area contributed by atoms with Crippen LogP contribution in [0.3, 0.4) is 0 Å². The lowest BCUT2D eigenvalue weighted by Crippen LogP contribution is -2.29. The summed E-state index contributed by atoms with van der Waals surface area (Å²) in [5, 5.41) is 12.0. The molecule has 2 heteroatoms. The molecule has 47 heavy (non-hydrogen) atoms. The van der Waals surface area contributed by atoms with Crippen LogP contribution in [-0.4, -0.2) is 10.9 Å². The fourth-order valence-corrected chi connectivity index (χ4v) is 7.37. The number of benzene rings is 5. The number of rotatable bonds is 9. The van der Waals surface area contributed by atoms with Crippen molar-refractivity contribution in [3.8, 4) is 5.75 Å². The van der Waals surface area contributed by atoms with E-state index in [2.05, 4.69) is 113 Å². The number of ketones is 1. The van der Waals surface area contributed by atoms with Crippen LogP contribution < -0.4 is 0 Å². The summed E-state index contributed by atoms with van der Waals surface area (Å²) >= 11 is 0. The number of hydrogen-bond donors (Lipinski definition) is 1. The van der Waals surface area contributed by atoms with E-state index in [-0.39, 0.29) is 35.4 Å². The van der Waals surface area contributed by atoms with Gasteiger partial charge in [-0.3, -0.25) is 4.79 Å². The third kappa shape index (κ3) is 6.38. The molecule has 0 aromatic heterocycles. The first-order valence-corrected chi connectivity index (χ1v) is 16.8. The fraction of sp³-hybridized carbons (Fsp3) is 0.222. The van der Waals surface area contributed by atoms with Crippen LogP contribution in [0.25, 0.3) is 5.57 Å². The Labute approximate surface area is 280 Å². The predicted octanol–water partition coefficient (Wildman–Crippen LogP) is 11.2. The van der Waals surface area contributed by atoms with E-state index in [1.54, 1.807) is 0 Å². The van der Waals surface area contributed by atoms with Gasteiger partial charge in [0.2, 0.25) is 0 Å². The number of Topliss-reactive ketones (excluding diaryl/α,β-unsaturated/α-hetero) is 1. The van der Waals surface area contributed by atoms with Gasteiger partial charge in [0.1, 0.15) is 5.75 Å². The highest BCUT2D eigenvalue weighted by Gasteiger charge is 2.38. The Morgan fingerprint density at radius 2 is 0.936 bits per heavy atom. The van der Waals surface area contributed by atoms with Crippen LogP contribution in [0.1, 0.15) is 97.2 Å². The second-order valence-electron chi connectivity index (χ2n) is 13.1. The van der Waals surface area contributed by atoms with Gasteiger partial charge in [0.05, 0.1) is 5.92 Å². The first kappa shape index (κ1) is 32.0. The van der Waals surface area contributed by atoms with Gasteiger partial charge in [-0.15, -0.1) is 0 Å². The minimum atomic E-state index is -0.382. The summed E-state index contributed by atoms with van der Waals surface area (Å²) in [6.07, 6.45) is 2.12. The Morgan fingerprint density at radius 3 is 1.36 bits per heavy atom. The van der Waals surface area contributed by atoms with Gasteiger partial charge in [0.15, 0.2) is 5.78 Å². The number of allylic oxidation sites excluding steroid dienone is 4. The van der Waals surface area contributed by atoms with Crippen LogP contribution in [-0.2, 0) is 4.79 Å². The normalized spacial score (nSPS) is 17.5. The topological polar surface area (TPSA) is 37.3 Å². The minimum absolute atomic E-state index is 0.0344. The van der Waals surface area contributed by atoms with E-state index in [1.165, 1.54) is 0 Å². The molecule has 5 aromatic rings. The number of aromatic hydroxyl groups is 1. The van der Waals surface area contributed by atoms with Gasteiger partial charge in [-0.2, -0.15) is 0 Å². The molecule has 0 aliphatic heterocycles. The van der Waals surface area contributed by atoms with Crippen molar-refractivity contribution in [2.24, 2.45) is 5.92 Å². The van der Waals surface area contributed by atoms with Gasteiger partial charge in [-0.05, 0) is 63.9 Å². The van der Waals surface area contributed by atoms with Crippen LogP contribution in [0.4, 0.5) is 0 Å². The van der Waals surface area contributed by atoms with E-state index in [9.17, 15) is 9.90 Å². The highest BCUT2D eigenvalue weighted by molar-refractivity contribution is 6.09. The van der Waals surface area contributed by atoms with Crippen molar-refractivity contribution in [2.45, 2.75) is 58.3 Å². The lowest BCUT2D eigenvalue weighted by atomic mass is 9.68. The van der Waals surface area contributed by atoms with Crippen LogP contribution in [0.5, 0.6) is 5.75 Å². The zero-order chi connectivity index (χ0) is 33.1. The number of carbonyl (C=O) groups is 1. The lowest BCUT2D eigenvalue weighted by molar-refractivity contribution is -0.118. The number of phenols is 1. The molecule has 0 saturated carbocycles. The van der Waals surface area contributed by atoms with Crippen LogP contribution in [0.2, 0.25) is 0 Å². The summed E-state index contributed by atoms with van der Waals surface area (Å²) in [5.41, 5.74) is 10.3. The molecule has 236 valence electrons. The molecule has 2 nitrogen and oxygen atoms in total. The second-order valence-corrected chi connectivity index (χ2v) is 13.1. The smallest absolute Gasteiger partial charge is 0.167 e. The molecule has 1 N–H and O–H groups in total. The maximum absolute atomic E-state index is 14.9. The van der Waals surface area contributed by atoms with Gasteiger partial charge >= 0.3 is 0 Å². The molecular formula is C45H44O2. The Morgan fingerprint density at radius 1 is 0.553 bits per heavy atom.